The van der Waals surface area contributed by atoms with Gasteiger partial charge in [0.05, 0.1) is 5.60 Å². The maximum Gasteiger partial charge on any atom is 0.534 e. The van der Waals surface area contributed by atoms with E-state index in [9.17, 15) is 26.7 Å². The molecule has 4 atom stereocenters. The number of fused-ring (bicyclic) bond motifs is 1. The molecular weight excluding hydrogens is 381 g/mol. The summed E-state index contributed by atoms with van der Waals surface area (Å²) in [4.78, 5) is 0. The van der Waals surface area contributed by atoms with E-state index in [0.717, 1.165) is 25.7 Å². The third-order valence-corrected chi connectivity index (χ3v) is 7.38. The van der Waals surface area contributed by atoms with Crippen molar-refractivity contribution in [3.63, 3.8) is 0 Å². The lowest BCUT2D eigenvalue weighted by molar-refractivity contribution is -0.0536. The molecule has 0 bridgehead atoms. The molecule has 0 spiro atoms. The van der Waals surface area contributed by atoms with E-state index in [0.29, 0.717) is 31.1 Å². The number of halogens is 3. The van der Waals surface area contributed by atoms with Gasteiger partial charge in [-0.1, -0.05) is 26.7 Å². The van der Waals surface area contributed by atoms with Crippen molar-refractivity contribution in [2.24, 2.45) is 23.2 Å². The first-order valence-corrected chi connectivity index (χ1v) is 11.0. The first-order valence-electron chi connectivity index (χ1n) is 9.60. The summed E-state index contributed by atoms with van der Waals surface area (Å²) in [5, 5.41) is 9.87. The highest BCUT2D eigenvalue weighted by Gasteiger charge is 2.54. The van der Waals surface area contributed by atoms with Gasteiger partial charge in [-0.3, -0.25) is 0 Å². The average molecular weight is 413 g/mol. The second-order valence-electron chi connectivity index (χ2n) is 9.05. The number of allylic oxidation sites excluding steroid dienone is 2. The van der Waals surface area contributed by atoms with Gasteiger partial charge in [0.1, 0.15) is 5.76 Å². The molecule has 0 saturated heterocycles. The summed E-state index contributed by atoms with van der Waals surface area (Å²) in [5.74, 6) is 0.309. The van der Waals surface area contributed by atoms with Crippen LogP contribution < -0.4 is 0 Å². The first kappa shape index (κ1) is 22.5. The Hall–Kier alpha value is -0.760. The largest absolute Gasteiger partial charge is 0.534 e. The fourth-order valence-electron chi connectivity index (χ4n) is 5.02. The normalized spacial score (nSPS) is 30.6. The van der Waals surface area contributed by atoms with Crippen molar-refractivity contribution in [3.05, 3.63) is 11.8 Å². The average Bonchev–Trinajstić information content (AvgIpc) is 2.82. The predicted molar refractivity (Wildman–Crippen MR) is 97.0 cm³/mol. The summed E-state index contributed by atoms with van der Waals surface area (Å²) in [6.07, 6.45) is 6.83. The van der Waals surface area contributed by atoms with Gasteiger partial charge < -0.3 is 9.29 Å². The minimum absolute atomic E-state index is 0.0349. The van der Waals surface area contributed by atoms with E-state index in [1.54, 1.807) is 13.8 Å². The molecule has 1 saturated carbocycles. The van der Waals surface area contributed by atoms with Gasteiger partial charge in [0.2, 0.25) is 0 Å². The molecule has 1 N–H and O–H groups in total. The van der Waals surface area contributed by atoms with Crippen LogP contribution in [-0.4, -0.2) is 24.6 Å². The monoisotopic (exact) mass is 412 g/mol. The van der Waals surface area contributed by atoms with Crippen LogP contribution in [-0.2, 0) is 14.3 Å². The van der Waals surface area contributed by atoms with Crippen LogP contribution in [0.4, 0.5) is 13.2 Å². The molecule has 0 aromatic heterocycles. The van der Waals surface area contributed by atoms with Gasteiger partial charge in [-0.2, -0.15) is 21.6 Å². The molecule has 0 aromatic rings. The van der Waals surface area contributed by atoms with E-state index < -0.39 is 21.2 Å². The molecular formula is C19H31F3O4S. The molecule has 0 heterocycles. The molecule has 8 heteroatoms. The van der Waals surface area contributed by atoms with Crippen LogP contribution in [0.5, 0.6) is 0 Å². The van der Waals surface area contributed by atoms with Crippen LogP contribution in [0, 0.1) is 23.2 Å². The minimum atomic E-state index is -5.63. The Morgan fingerprint density at radius 1 is 1.33 bits per heavy atom. The lowest BCUT2D eigenvalue weighted by Gasteiger charge is -2.42. The van der Waals surface area contributed by atoms with E-state index >= 15 is 0 Å². The molecule has 0 amide bonds. The summed E-state index contributed by atoms with van der Waals surface area (Å²) in [5.41, 5.74) is -6.38. The Morgan fingerprint density at radius 3 is 2.52 bits per heavy atom. The SMILES string of the molecule is CC(CCCC(C)(C)O)C1CCC2C(OS(=O)(=O)C(F)(F)F)=CCCC21C. The van der Waals surface area contributed by atoms with Gasteiger partial charge in [-0.25, -0.2) is 0 Å². The van der Waals surface area contributed by atoms with Crippen molar-refractivity contribution in [2.75, 3.05) is 0 Å². The molecule has 2 rings (SSSR count). The van der Waals surface area contributed by atoms with E-state index in [1.165, 1.54) is 6.08 Å². The maximum absolute atomic E-state index is 12.7. The molecule has 4 unspecified atom stereocenters. The Balaban J connectivity index is 2.09. The second-order valence-corrected chi connectivity index (χ2v) is 10.6. The number of rotatable bonds is 7. The third kappa shape index (κ3) is 5.00. The summed E-state index contributed by atoms with van der Waals surface area (Å²) in [6.45, 7) is 7.76. The summed E-state index contributed by atoms with van der Waals surface area (Å²) in [6, 6.07) is 0. The smallest absolute Gasteiger partial charge is 0.390 e. The van der Waals surface area contributed by atoms with Crippen LogP contribution in [0.25, 0.3) is 0 Å². The quantitative estimate of drug-likeness (QED) is 0.464. The van der Waals surface area contributed by atoms with Gasteiger partial charge in [0.15, 0.2) is 0 Å². The molecule has 0 radical (unpaired) electrons. The van der Waals surface area contributed by atoms with Gasteiger partial charge in [0.25, 0.3) is 0 Å². The van der Waals surface area contributed by atoms with Crippen molar-refractivity contribution in [2.45, 2.75) is 83.8 Å². The predicted octanol–water partition coefficient (Wildman–Crippen LogP) is 5.14. The minimum Gasteiger partial charge on any atom is -0.390 e. The standard InChI is InChI=1S/C19H31F3O4S/c1-13(7-5-11-17(2,3)23)14-9-10-15-16(8-6-12-18(14,15)4)26-27(24,25)19(20,21)22/h8,13-15,23H,5-7,9-12H2,1-4H3. The zero-order chi connectivity index (χ0) is 20.7. The Bertz CT molecular complexity index is 663. The number of hydrogen-bond donors (Lipinski definition) is 1. The summed E-state index contributed by atoms with van der Waals surface area (Å²) >= 11 is 0. The topological polar surface area (TPSA) is 63.6 Å². The molecule has 158 valence electrons. The van der Waals surface area contributed by atoms with Crippen LogP contribution in [0.2, 0.25) is 0 Å². The maximum atomic E-state index is 12.7. The highest BCUT2D eigenvalue weighted by atomic mass is 32.2. The third-order valence-electron chi connectivity index (χ3n) is 6.41. The number of alkyl halides is 3. The van der Waals surface area contributed by atoms with Gasteiger partial charge in [-0.15, -0.1) is 0 Å². The Labute approximate surface area is 160 Å². The molecule has 0 aromatic carbocycles. The number of hydrogen-bond acceptors (Lipinski definition) is 4. The molecule has 2 aliphatic rings. The van der Waals surface area contributed by atoms with E-state index in [-0.39, 0.29) is 17.1 Å². The van der Waals surface area contributed by atoms with Crippen LogP contribution in [0.15, 0.2) is 11.8 Å². The zero-order valence-electron chi connectivity index (χ0n) is 16.5. The van der Waals surface area contributed by atoms with Crippen molar-refractivity contribution in [1.82, 2.24) is 0 Å². The van der Waals surface area contributed by atoms with Gasteiger partial charge >= 0.3 is 15.6 Å². The van der Waals surface area contributed by atoms with Crippen LogP contribution in [0.3, 0.4) is 0 Å². The zero-order valence-corrected chi connectivity index (χ0v) is 17.3. The molecule has 27 heavy (non-hydrogen) atoms. The summed E-state index contributed by atoms with van der Waals surface area (Å²) < 4.78 is 65.6. The summed E-state index contributed by atoms with van der Waals surface area (Å²) in [7, 11) is -5.63. The molecule has 0 aliphatic heterocycles. The fourth-order valence-corrected chi connectivity index (χ4v) is 5.55. The lowest BCUT2D eigenvalue weighted by atomic mass is 9.63. The van der Waals surface area contributed by atoms with Crippen molar-refractivity contribution < 1.29 is 30.9 Å². The molecule has 4 nitrogen and oxygen atoms in total. The first-order chi connectivity index (χ1) is 12.2. The highest BCUT2D eigenvalue weighted by Crippen LogP contribution is 2.59. The van der Waals surface area contributed by atoms with Crippen LogP contribution in [0.1, 0.15) is 72.6 Å². The fraction of sp³-hybridized carbons (Fsp3) is 0.895. The molecule has 1 fully saturated rings. The highest BCUT2D eigenvalue weighted by molar-refractivity contribution is 7.87. The lowest BCUT2D eigenvalue weighted by Crippen LogP contribution is -2.37. The Kier molecular flexibility index (Phi) is 6.32. The van der Waals surface area contributed by atoms with Crippen LogP contribution >= 0.6 is 0 Å². The second kappa shape index (κ2) is 7.58. The van der Waals surface area contributed by atoms with Crippen molar-refractivity contribution >= 4 is 10.1 Å². The number of aliphatic hydroxyl groups is 1. The Morgan fingerprint density at radius 2 is 1.96 bits per heavy atom. The molecule has 2 aliphatic carbocycles. The van der Waals surface area contributed by atoms with E-state index in [4.69, 9.17) is 0 Å². The van der Waals surface area contributed by atoms with Crippen molar-refractivity contribution in [3.8, 4) is 0 Å². The van der Waals surface area contributed by atoms with Gasteiger partial charge in [-0.05, 0) is 69.3 Å². The van der Waals surface area contributed by atoms with E-state index in [1.807, 2.05) is 0 Å². The van der Waals surface area contributed by atoms with E-state index in [2.05, 4.69) is 18.0 Å². The van der Waals surface area contributed by atoms with Gasteiger partial charge in [0, 0.05) is 5.92 Å². The van der Waals surface area contributed by atoms with Crippen molar-refractivity contribution in [1.29, 1.82) is 0 Å².